The fraction of sp³-hybridized carbons (Fsp3) is 0.538. The third kappa shape index (κ3) is 3.66. The molecule has 1 saturated heterocycles. The summed E-state index contributed by atoms with van der Waals surface area (Å²) < 4.78 is 13.4. The molecule has 0 saturated carbocycles. The van der Waals surface area contributed by atoms with Gasteiger partial charge in [0.1, 0.15) is 5.82 Å². The van der Waals surface area contributed by atoms with Crippen LogP contribution >= 0.6 is 12.4 Å². The zero-order valence-electron chi connectivity index (χ0n) is 10.4. The third-order valence-electron chi connectivity index (χ3n) is 3.32. The van der Waals surface area contributed by atoms with E-state index < -0.39 is 0 Å². The Hall–Kier alpha value is -0.640. The van der Waals surface area contributed by atoms with E-state index in [0.717, 1.165) is 30.8 Å². The molecule has 2 nitrogen and oxygen atoms in total. The van der Waals surface area contributed by atoms with Crippen LogP contribution in [0.25, 0.3) is 0 Å². The van der Waals surface area contributed by atoms with Gasteiger partial charge in [-0.2, -0.15) is 0 Å². The van der Waals surface area contributed by atoms with Crippen LogP contribution in [0.3, 0.4) is 0 Å². The van der Waals surface area contributed by atoms with Crippen molar-refractivity contribution in [1.29, 1.82) is 0 Å². The maximum absolute atomic E-state index is 13.4. The minimum absolute atomic E-state index is 0. The first kappa shape index (κ1) is 14.4. The normalized spacial score (nSPS) is 20.3. The van der Waals surface area contributed by atoms with Gasteiger partial charge in [-0.1, -0.05) is 12.1 Å². The van der Waals surface area contributed by atoms with Crippen LogP contribution < -0.4 is 5.32 Å². The number of hydrogen-bond acceptors (Lipinski definition) is 2. The minimum Gasteiger partial charge on any atom is -0.316 e. The summed E-state index contributed by atoms with van der Waals surface area (Å²) in [6, 6.07) is 6.12. The van der Waals surface area contributed by atoms with E-state index in [0.29, 0.717) is 6.04 Å². The van der Waals surface area contributed by atoms with Crippen molar-refractivity contribution in [3.05, 3.63) is 35.1 Å². The van der Waals surface area contributed by atoms with Gasteiger partial charge in [-0.25, -0.2) is 4.39 Å². The van der Waals surface area contributed by atoms with E-state index in [-0.39, 0.29) is 18.2 Å². The second kappa shape index (κ2) is 6.34. The molecule has 1 atom stereocenters. The molecule has 0 spiro atoms. The standard InChI is InChI=1S/C13H19FN2.ClH/c1-10-3-4-11(7-13(10)14)8-16-6-5-12(9-16)15-2;/h3-4,7,12,15H,5-6,8-9H2,1-2H3;1H. The number of halogens is 2. The number of benzene rings is 1. The van der Waals surface area contributed by atoms with Gasteiger partial charge in [-0.3, -0.25) is 4.90 Å². The Morgan fingerprint density at radius 3 is 2.82 bits per heavy atom. The van der Waals surface area contributed by atoms with Gasteiger partial charge >= 0.3 is 0 Å². The molecule has 0 radical (unpaired) electrons. The van der Waals surface area contributed by atoms with Crippen molar-refractivity contribution in [2.75, 3.05) is 20.1 Å². The Morgan fingerprint density at radius 2 is 2.24 bits per heavy atom. The lowest BCUT2D eigenvalue weighted by Gasteiger charge is -2.16. The number of likely N-dealkylation sites (N-methyl/N-ethyl adjacent to an activating group) is 1. The quantitative estimate of drug-likeness (QED) is 0.895. The molecule has 0 aromatic heterocycles. The van der Waals surface area contributed by atoms with Gasteiger partial charge in [0.2, 0.25) is 0 Å². The second-order valence-electron chi connectivity index (χ2n) is 4.59. The first-order chi connectivity index (χ1) is 7.69. The molecular weight excluding hydrogens is 239 g/mol. The summed E-state index contributed by atoms with van der Waals surface area (Å²) in [6.07, 6.45) is 1.19. The first-order valence-electron chi connectivity index (χ1n) is 5.83. The van der Waals surface area contributed by atoms with Crippen LogP contribution in [-0.4, -0.2) is 31.1 Å². The number of nitrogens with zero attached hydrogens (tertiary/aromatic N) is 1. The molecule has 1 N–H and O–H groups in total. The zero-order chi connectivity index (χ0) is 11.5. The Balaban J connectivity index is 0.00000144. The van der Waals surface area contributed by atoms with Crippen LogP contribution in [0.15, 0.2) is 18.2 Å². The van der Waals surface area contributed by atoms with Crippen molar-refractivity contribution >= 4 is 12.4 Å². The number of hydrogen-bond donors (Lipinski definition) is 1. The highest BCUT2D eigenvalue weighted by atomic mass is 35.5. The number of likely N-dealkylation sites (tertiary alicyclic amines) is 1. The summed E-state index contributed by atoms with van der Waals surface area (Å²) >= 11 is 0. The number of rotatable bonds is 3. The molecule has 96 valence electrons. The molecule has 1 aliphatic heterocycles. The average molecular weight is 259 g/mol. The highest BCUT2D eigenvalue weighted by molar-refractivity contribution is 5.85. The molecule has 4 heteroatoms. The Bertz CT molecular complexity index is 370. The molecule has 0 amide bonds. The molecule has 1 aromatic carbocycles. The van der Waals surface area contributed by atoms with E-state index in [9.17, 15) is 4.39 Å². The van der Waals surface area contributed by atoms with Crippen molar-refractivity contribution in [3.8, 4) is 0 Å². The van der Waals surface area contributed by atoms with E-state index in [1.807, 2.05) is 19.2 Å². The molecule has 1 aromatic rings. The van der Waals surface area contributed by atoms with Gasteiger partial charge in [0.25, 0.3) is 0 Å². The average Bonchev–Trinajstić information content (AvgIpc) is 2.71. The predicted molar refractivity (Wildman–Crippen MR) is 71.1 cm³/mol. The lowest BCUT2D eigenvalue weighted by atomic mass is 10.1. The maximum Gasteiger partial charge on any atom is 0.126 e. The fourth-order valence-corrected chi connectivity index (χ4v) is 2.20. The molecular formula is C13H20ClFN2. The molecule has 1 aliphatic rings. The predicted octanol–water partition coefficient (Wildman–Crippen LogP) is 2.35. The summed E-state index contributed by atoms with van der Waals surface area (Å²) in [5.41, 5.74) is 1.79. The van der Waals surface area contributed by atoms with Gasteiger partial charge in [-0.15, -0.1) is 12.4 Å². The van der Waals surface area contributed by atoms with Crippen LogP contribution in [0.2, 0.25) is 0 Å². The fourth-order valence-electron chi connectivity index (χ4n) is 2.20. The summed E-state index contributed by atoms with van der Waals surface area (Å²) in [5, 5.41) is 3.28. The van der Waals surface area contributed by atoms with E-state index in [1.54, 1.807) is 13.0 Å². The molecule has 1 unspecified atom stereocenters. The molecule has 1 heterocycles. The SMILES string of the molecule is CNC1CCN(Cc2ccc(C)c(F)c2)C1.Cl. The van der Waals surface area contributed by atoms with E-state index >= 15 is 0 Å². The molecule has 17 heavy (non-hydrogen) atoms. The number of nitrogens with one attached hydrogen (secondary N) is 1. The van der Waals surface area contributed by atoms with Crippen molar-refractivity contribution in [1.82, 2.24) is 10.2 Å². The third-order valence-corrected chi connectivity index (χ3v) is 3.32. The largest absolute Gasteiger partial charge is 0.316 e. The Labute approximate surface area is 109 Å². The minimum atomic E-state index is -0.0955. The van der Waals surface area contributed by atoms with Crippen molar-refractivity contribution < 1.29 is 4.39 Å². The zero-order valence-corrected chi connectivity index (χ0v) is 11.2. The number of aryl methyl sites for hydroxylation is 1. The maximum atomic E-state index is 13.4. The van der Waals surface area contributed by atoms with Gasteiger partial charge in [0.15, 0.2) is 0 Å². The highest BCUT2D eigenvalue weighted by Crippen LogP contribution is 2.15. The smallest absolute Gasteiger partial charge is 0.126 e. The monoisotopic (exact) mass is 258 g/mol. The lowest BCUT2D eigenvalue weighted by Crippen LogP contribution is -2.29. The summed E-state index contributed by atoms with van der Waals surface area (Å²) in [6.45, 7) is 4.81. The summed E-state index contributed by atoms with van der Waals surface area (Å²) in [7, 11) is 2.00. The van der Waals surface area contributed by atoms with Gasteiger partial charge in [0.05, 0.1) is 0 Å². The second-order valence-corrected chi connectivity index (χ2v) is 4.59. The Morgan fingerprint density at radius 1 is 1.47 bits per heavy atom. The van der Waals surface area contributed by atoms with Crippen LogP contribution in [-0.2, 0) is 6.54 Å². The first-order valence-corrected chi connectivity index (χ1v) is 5.83. The van der Waals surface area contributed by atoms with Crippen LogP contribution in [0.4, 0.5) is 4.39 Å². The van der Waals surface area contributed by atoms with Crippen LogP contribution in [0, 0.1) is 12.7 Å². The van der Waals surface area contributed by atoms with Crippen molar-refractivity contribution in [2.45, 2.75) is 25.9 Å². The van der Waals surface area contributed by atoms with Gasteiger partial charge < -0.3 is 5.32 Å². The van der Waals surface area contributed by atoms with Crippen LogP contribution in [0.1, 0.15) is 17.5 Å². The van der Waals surface area contributed by atoms with Gasteiger partial charge in [-0.05, 0) is 37.6 Å². The Kier molecular flexibility index (Phi) is 5.37. The molecule has 0 bridgehead atoms. The highest BCUT2D eigenvalue weighted by Gasteiger charge is 2.20. The molecule has 2 rings (SSSR count). The van der Waals surface area contributed by atoms with Crippen molar-refractivity contribution in [2.24, 2.45) is 0 Å². The summed E-state index contributed by atoms with van der Waals surface area (Å²) in [4.78, 5) is 2.37. The molecule has 0 aliphatic carbocycles. The van der Waals surface area contributed by atoms with E-state index in [4.69, 9.17) is 0 Å². The van der Waals surface area contributed by atoms with Crippen molar-refractivity contribution in [3.63, 3.8) is 0 Å². The van der Waals surface area contributed by atoms with Gasteiger partial charge in [0, 0.05) is 25.7 Å². The lowest BCUT2D eigenvalue weighted by molar-refractivity contribution is 0.322. The van der Waals surface area contributed by atoms with E-state index in [2.05, 4.69) is 10.2 Å². The molecule has 1 fully saturated rings. The van der Waals surface area contributed by atoms with Crippen LogP contribution in [0.5, 0.6) is 0 Å². The van der Waals surface area contributed by atoms with E-state index in [1.165, 1.54) is 6.42 Å². The topological polar surface area (TPSA) is 15.3 Å². The summed E-state index contributed by atoms with van der Waals surface area (Å²) in [5.74, 6) is -0.0955.